The Kier molecular flexibility index (Phi) is 5.92. The molecule has 0 saturated heterocycles. The van der Waals surface area contributed by atoms with Crippen molar-refractivity contribution in [1.82, 2.24) is 19.7 Å². The van der Waals surface area contributed by atoms with Crippen LogP contribution < -0.4 is 5.32 Å². The average Bonchev–Trinajstić information content (AvgIpc) is 3.03. The third-order valence-electron chi connectivity index (χ3n) is 3.81. The van der Waals surface area contributed by atoms with E-state index in [1.54, 1.807) is 10.9 Å². The fourth-order valence-electron chi connectivity index (χ4n) is 2.32. The van der Waals surface area contributed by atoms with Crippen molar-refractivity contribution in [3.63, 3.8) is 0 Å². The van der Waals surface area contributed by atoms with E-state index in [0.717, 1.165) is 5.69 Å². The molecule has 7 heteroatoms. The highest BCUT2D eigenvalue weighted by molar-refractivity contribution is 5.96. The van der Waals surface area contributed by atoms with E-state index in [2.05, 4.69) is 22.0 Å². The zero-order valence-electron chi connectivity index (χ0n) is 15.7. The molecule has 7 nitrogen and oxygen atoms in total. The number of nitrogens with zero attached hydrogens (tertiary/aromatic N) is 4. The van der Waals surface area contributed by atoms with Gasteiger partial charge in [0.1, 0.15) is 12.4 Å². The number of likely N-dealkylation sites (N-methyl/N-ethyl adjacent to an activating group) is 1. The van der Waals surface area contributed by atoms with Crippen molar-refractivity contribution >= 4 is 17.6 Å². The third kappa shape index (κ3) is 4.56. The number of hydrogen-bond acceptors (Lipinski definition) is 4. The van der Waals surface area contributed by atoms with Crippen LogP contribution in [0, 0.1) is 0 Å². The van der Waals surface area contributed by atoms with Gasteiger partial charge in [-0.3, -0.25) is 9.59 Å². The lowest BCUT2D eigenvalue weighted by atomic mass is 9.92. The van der Waals surface area contributed by atoms with Crippen molar-refractivity contribution in [3.8, 4) is 5.82 Å². The van der Waals surface area contributed by atoms with E-state index in [-0.39, 0.29) is 23.8 Å². The molecule has 2 amide bonds. The van der Waals surface area contributed by atoms with Crippen molar-refractivity contribution < 1.29 is 9.59 Å². The molecule has 26 heavy (non-hydrogen) atoms. The van der Waals surface area contributed by atoms with Gasteiger partial charge in [-0.25, -0.2) is 4.98 Å². The van der Waals surface area contributed by atoms with Gasteiger partial charge < -0.3 is 10.2 Å². The molecular formula is C19H25N5O2. The Morgan fingerprint density at radius 1 is 1.35 bits per heavy atom. The third-order valence-corrected chi connectivity index (χ3v) is 3.81. The highest BCUT2D eigenvalue weighted by atomic mass is 16.2. The summed E-state index contributed by atoms with van der Waals surface area (Å²) in [7, 11) is 0. The minimum Gasteiger partial charge on any atom is -0.330 e. The minimum atomic E-state index is -0.306. The Hall–Kier alpha value is -2.96. The first-order chi connectivity index (χ1) is 12.3. The summed E-state index contributed by atoms with van der Waals surface area (Å²) in [5.41, 5.74) is 0.640. The van der Waals surface area contributed by atoms with E-state index >= 15 is 0 Å². The molecule has 2 aromatic rings. The maximum Gasteiger partial charge on any atom is 0.246 e. The number of anilines is 1. The van der Waals surface area contributed by atoms with Gasteiger partial charge in [0.25, 0.3) is 0 Å². The molecule has 2 rings (SSSR count). The largest absolute Gasteiger partial charge is 0.330 e. The number of hydrogen-bond donors (Lipinski definition) is 1. The van der Waals surface area contributed by atoms with Crippen LogP contribution in [0.5, 0.6) is 0 Å². The van der Waals surface area contributed by atoms with Crippen molar-refractivity contribution in [2.75, 3.05) is 18.4 Å². The van der Waals surface area contributed by atoms with Crippen molar-refractivity contribution in [2.24, 2.45) is 0 Å². The van der Waals surface area contributed by atoms with Crippen LogP contribution in [0.15, 0.2) is 43.1 Å². The van der Waals surface area contributed by atoms with Crippen LogP contribution in [0.1, 0.15) is 33.4 Å². The van der Waals surface area contributed by atoms with Gasteiger partial charge in [-0.05, 0) is 25.1 Å². The first kappa shape index (κ1) is 19.4. The minimum absolute atomic E-state index is 0.0559. The number of carbonyl (C=O) groups is 2. The standard InChI is InChI=1S/C19H25N5O2/c1-6-18(26)23(7-2)13-17(25)21-16-12-14(19(3,4)5)22-24(16)15-10-8-9-11-20-15/h6,8-12H,1,7,13H2,2-5H3,(H,21,25). The second-order valence-corrected chi connectivity index (χ2v) is 6.87. The fourth-order valence-corrected chi connectivity index (χ4v) is 2.32. The van der Waals surface area contributed by atoms with Crippen LogP contribution in [0.2, 0.25) is 0 Å². The molecule has 2 heterocycles. The molecule has 0 saturated carbocycles. The SMILES string of the molecule is C=CC(=O)N(CC)CC(=O)Nc1cc(C(C)(C)C)nn1-c1ccccn1. The zero-order valence-corrected chi connectivity index (χ0v) is 15.7. The summed E-state index contributed by atoms with van der Waals surface area (Å²) in [5, 5.41) is 7.44. The summed E-state index contributed by atoms with van der Waals surface area (Å²) in [4.78, 5) is 29.9. The van der Waals surface area contributed by atoms with Crippen LogP contribution in [0.4, 0.5) is 5.82 Å². The first-order valence-electron chi connectivity index (χ1n) is 8.49. The lowest BCUT2D eigenvalue weighted by molar-refractivity contribution is -0.130. The van der Waals surface area contributed by atoms with Gasteiger partial charge in [-0.2, -0.15) is 9.78 Å². The Morgan fingerprint density at radius 3 is 2.62 bits per heavy atom. The Labute approximate surface area is 153 Å². The maximum atomic E-state index is 12.4. The van der Waals surface area contributed by atoms with Gasteiger partial charge in [0.2, 0.25) is 11.8 Å². The number of amides is 2. The number of aromatic nitrogens is 3. The number of nitrogens with one attached hydrogen (secondary N) is 1. The molecule has 0 spiro atoms. The zero-order chi connectivity index (χ0) is 19.3. The van der Waals surface area contributed by atoms with Crippen LogP contribution in [-0.4, -0.2) is 44.6 Å². The second kappa shape index (κ2) is 7.95. The van der Waals surface area contributed by atoms with Crippen LogP contribution in [0.3, 0.4) is 0 Å². The number of pyridine rings is 1. The summed E-state index contributed by atoms with van der Waals surface area (Å²) in [6, 6.07) is 7.32. The molecule has 0 atom stereocenters. The van der Waals surface area contributed by atoms with Crippen LogP contribution in [0.25, 0.3) is 5.82 Å². The fraction of sp³-hybridized carbons (Fsp3) is 0.368. The number of rotatable bonds is 6. The Balaban J connectivity index is 2.30. The molecule has 0 unspecified atom stereocenters. The normalized spacial score (nSPS) is 11.1. The summed E-state index contributed by atoms with van der Waals surface area (Å²) in [6.45, 7) is 11.8. The molecule has 0 fully saturated rings. The van der Waals surface area contributed by atoms with E-state index < -0.39 is 0 Å². The van der Waals surface area contributed by atoms with Gasteiger partial charge >= 0.3 is 0 Å². The lowest BCUT2D eigenvalue weighted by Gasteiger charge is -2.18. The summed E-state index contributed by atoms with van der Waals surface area (Å²) >= 11 is 0. The molecule has 0 aliphatic heterocycles. The van der Waals surface area contributed by atoms with Gasteiger partial charge in [0.05, 0.1) is 5.69 Å². The van der Waals surface area contributed by atoms with E-state index in [1.165, 1.54) is 11.0 Å². The summed E-state index contributed by atoms with van der Waals surface area (Å²) in [6.07, 6.45) is 2.87. The van der Waals surface area contributed by atoms with E-state index in [9.17, 15) is 9.59 Å². The lowest BCUT2D eigenvalue weighted by Crippen LogP contribution is -2.37. The van der Waals surface area contributed by atoms with Gasteiger partial charge in [-0.15, -0.1) is 0 Å². The van der Waals surface area contributed by atoms with Gasteiger partial charge in [0, 0.05) is 24.2 Å². The molecule has 2 aromatic heterocycles. The van der Waals surface area contributed by atoms with Crippen molar-refractivity contribution in [3.05, 3.63) is 48.8 Å². The molecule has 0 aliphatic carbocycles. The highest BCUT2D eigenvalue weighted by Gasteiger charge is 2.22. The second-order valence-electron chi connectivity index (χ2n) is 6.87. The van der Waals surface area contributed by atoms with Gasteiger partial charge in [-0.1, -0.05) is 33.4 Å². The Morgan fingerprint density at radius 2 is 2.08 bits per heavy atom. The smallest absolute Gasteiger partial charge is 0.246 e. The first-order valence-corrected chi connectivity index (χ1v) is 8.49. The van der Waals surface area contributed by atoms with Crippen LogP contribution >= 0.6 is 0 Å². The maximum absolute atomic E-state index is 12.4. The van der Waals surface area contributed by atoms with Crippen molar-refractivity contribution in [1.29, 1.82) is 0 Å². The molecule has 0 bridgehead atoms. The van der Waals surface area contributed by atoms with Crippen LogP contribution in [-0.2, 0) is 15.0 Å². The molecular weight excluding hydrogens is 330 g/mol. The van der Waals surface area contributed by atoms with E-state index in [4.69, 9.17) is 0 Å². The van der Waals surface area contributed by atoms with Crippen molar-refractivity contribution in [2.45, 2.75) is 33.1 Å². The number of carbonyl (C=O) groups excluding carboxylic acids is 2. The molecule has 0 aromatic carbocycles. The Bertz CT molecular complexity index is 790. The highest BCUT2D eigenvalue weighted by Crippen LogP contribution is 2.25. The van der Waals surface area contributed by atoms with E-state index in [1.807, 2.05) is 52.0 Å². The topological polar surface area (TPSA) is 80.1 Å². The molecule has 0 aliphatic rings. The molecule has 138 valence electrons. The quantitative estimate of drug-likeness (QED) is 0.808. The predicted molar refractivity (Wildman–Crippen MR) is 101 cm³/mol. The monoisotopic (exact) mass is 355 g/mol. The average molecular weight is 355 g/mol. The van der Waals surface area contributed by atoms with E-state index in [0.29, 0.717) is 18.2 Å². The summed E-state index contributed by atoms with van der Waals surface area (Å²) in [5.74, 6) is 0.532. The predicted octanol–water partition coefficient (Wildman–Crippen LogP) is 2.54. The molecule has 0 radical (unpaired) electrons. The molecule has 1 N–H and O–H groups in total. The summed E-state index contributed by atoms with van der Waals surface area (Å²) < 4.78 is 1.60. The van der Waals surface area contributed by atoms with Gasteiger partial charge in [0.15, 0.2) is 5.82 Å².